The number of halogens is 1. The highest BCUT2D eigenvalue weighted by Gasteiger charge is 2.39. The van der Waals surface area contributed by atoms with Crippen molar-refractivity contribution in [2.24, 2.45) is 11.8 Å². The molecule has 9 heteroatoms. The van der Waals surface area contributed by atoms with Crippen LogP contribution in [0.2, 0.25) is 5.02 Å². The molecule has 2 aromatic rings. The van der Waals surface area contributed by atoms with Gasteiger partial charge in [0.2, 0.25) is 5.91 Å². The van der Waals surface area contributed by atoms with Crippen molar-refractivity contribution in [1.82, 2.24) is 15.2 Å². The first-order valence-electron chi connectivity index (χ1n) is 10.8. The molecule has 0 unspecified atom stereocenters. The van der Waals surface area contributed by atoms with Crippen LogP contribution in [0.1, 0.15) is 24.3 Å². The number of hydrogen-bond donors (Lipinski definition) is 3. The summed E-state index contributed by atoms with van der Waals surface area (Å²) in [6, 6.07) is 11.0. The Morgan fingerprint density at radius 2 is 1.81 bits per heavy atom. The van der Waals surface area contributed by atoms with Gasteiger partial charge in [-0.15, -0.1) is 0 Å². The van der Waals surface area contributed by atoms with E-state index in [4.69, 9.17) is 16.7 Å². The molecule has 2 atom stereocenters. The summed E-state index contributed by atoms with van der Waals surface area (Å²) in [4.78, 5) is 32.6. The molecule has 0 spiro atoms. The average molecular weight is 459 g/mol. The first kappa shape index (κ1) is 22.2. The maximum absolute atomic E-state index is 13.3. The number of anilines is 1. The fourth-order valence-corrected chi connectivity index (χ4v) is 4.87. The second kappa shape index (κ2) is 9.65. The molecule has 2 aliphatic heterocycles. The summed E-state index contributed by atoms with van der Waals surface area (Å²) < 4.78 is 0. The topological polar surface area (TPSA) is 106 Å². The number of aromatic hydroxyl groups is 1. The smallest absolute Gasteiger partial charge is 0.404 e. The molecule has 0 bridgehead atoms. The number of carbonyl (C=O) groups is 2. The quantitative estimate of drug-likeness (QED) is 0.635. The van der Waals surface area contributed by atoms with Gasteiger partial charge in [-0.05, 0) is 42.7 Å². The zero-order valence-corrected chi connectivity index (χ0v) is 18.4. The van der Waals surface area contributed by atoms with Gasteiger partial charge in [0.25, 0.3) is 0 Å². The number of piperidine rings is 1. The number of hydrogen-bond acceptors (Lipinski definition) is 5. The highest BCUT2D eigenvalue weighted by atomic mass is 35.5. The molecular formula is C23H27ClN4O4. The average Bonchev–Trinajstić information content (AvgIpc) is 3.22. The summed E-state index contributed by atoms with van der Waals surface area (Å²) in [6.45, 7) is 2.87. The van der Waals surface area contributed by atoms with Crippen LogP contribution in [0.4, 0.5) is 10.6 Å². The van der Waals surface area contributed by atoms with E-state index < -0.39 is 6.09 Å². The van der Waals surface area contributed by atoms with E-state index >= 15 is 0 Å². The first-order valence-corrected chi connectivity index (χ1v) is 11.2. The largest absolute Gasteiger partial charge is 0.506 e. The number of benzene rings is 1. The molecule has 0 saturated carbocycles. The fourth-order valence-electron chi connectivity index (χ4n) is 4.74. The van der Waals surface area contributed by atoms with E-state index in [-0.39, 0.29) is 29.4 Å². The van der Waals surface area contributed by atoms with Crippen LogP contribution in [0.15, 0.2) is 42.6 Å². The van der Waals surface area contributed by atoms with Gasteiger partial charge in [-0.2, -0.15) is 0 Å². The van der Waals surface area contributed by atoms with Crippen LogP contribution in [-0.4, -0.2) is 64.8 Å². The summed E-state index contributed by atoms with van der Waals surface area (Å²) >= 11 is 6.03. The molecule has 2 saturated heterocycles. The van der Waals surface area contributed by atoms with E-state index in [1.807, 2.05) is 29.2 Å². The molecule has 8 nitrogen and oxygen atoms in total. The van der Waals surface area contributed by atoms with Gasteiger partial charge in [-0.25, -0.2) is 9.78 Å². The molecule has 3 N–H and O–H groups in total. The Morgan fingerprint density at radius 3 is 2.44 bits per heavy atom. The Morgan fingerprint density at radius 1 is 1.09 bits per heavy atom. The van der Waals surface area contributed by atoms with Crippen LogP contribution in [0.25, 0.3) is 0 Å². The number of nitrogens with one attached hydrogen (secondary N) is 1. The molecule has 2 fully saturated rings. The zero-order chi connectivity index (χ0) is 22.7. The minimum Gasteiger partial charge on any atom is -0.506 e. The monoisotopic (exact) mass is 458 g/mol. The van der Waals surface area contributed by atoms with Gasteiger partial charge in [0.05, 0.1) is 6.20 Å². The Bertz CT molecular complexity index is 945. The number of carboxylic acid groups (broad SMARTS) is 1. The lowest BCUT2D eigenvalue weighted by Gasteiger charge is -2.34. The number of carbonyl (C=O) groups excluding carboxylic acids is 1. The van der Waals surface area contributed by atoms with E-state index in [1.165, 1.54) is 6.20 Å². The van der Waals surface area contributed by atoms with Crippen molar-refractivity contribution in [3.63, 3.8) is 0 Å². The van der Waals surface area contributed by atoms with Crippen molar-refractivity contribution in [1.29, 1.82) is 0 Å². The molecule has 2 amide bonds. The third-order valence-electron chi connectivity index (χ3n) is 6.47. The minimum atomic E-state index is -1.06. The normalized spacial score (nSPS) is 21.5. The molecule has 2 aliphatic rings. The summed E-state index contributed by atoms with van der Waals surface area (Å²) in [5.41, 5.74) is 1.06. The maximum atomic E-state index is 13.3. The van der Waals surface area contributed by atoms with Crippen LogP contribution >= 0.6 is 11.6 Å². The highest BCUT2D eigenvalue weighted by Crippen LogP contribution is 2.35. The Hall–Kier alpha value is -3.00. The number of rotatable bonds is 5. The van der Waals surface area contributed by atoms with Crippen LogP contribution in [0.3, 0.4) is 0 Å². The van der Waals surface area contributed by atoms with Gasteiger partial charge >= 0.3 is 6.09 Å². The lowest BCUT2D eigenvalue weighted by Crippen LogP contribution is -2.42. The van der Waals surface area contributed by atoms with E-state index in [0.717, 1.165) is 37.3 Å². The lowest BCUT2D eigenvalue weighted by atomic mass is 9.89. The minimum absolute atomic E-state index is 0.0116. The van der Waals surface area contributed by atoms with E-state index in [2.05, 4.69) is 15.2 Å². The van der Waals surface area contributed by atoms with Gasteiger partial charge in [0, 0.05) is 55.5 Å². The molecular weight excluding hydrogens is 432 g/mol. The number of nitrogens with zero attached hydrogens (tertiary/aromatic N) is 3. The van der Waals surface area contributed by atoms with Crippen molar-refractivity contribution in [3.8, 4) is 5.75 Å². The van der Waals surface area contributed by atoms with Crippen molar-refractivity contribution < 1.29 is 19.8 Å². The molecule has 32 heavy (non-hydrogen) atoms. The molecule has 1 aromatic carbocycles. The predicted octanol–water partition coefficient (Wildman–Crippen LogP) is 3.17. The molecule has 0 radical (unpaired) electrons. The standard InChI is InChI=1S/C23H27ClN4O4/c24-18-3-1-15(2-4-18)20-14-28(13-17(20)11-26-23(31)32)22(30)16-7-9-27(10-8-16)21-6-5-19(29)12-25-21/h1-6,12,16-17,20,26,29H,7-11,13-14H2,(H,31,32)/t17-,20-/m0/s1. The first-order chi connectivity index (χ1) is 15.4. The van der Waals surface area contributed by atoms with E-state index in [0.29, 0.717) is 24.7 Å². The summed E-state index contributed by atoms with van der Waals surface area (Å²) in [6.07, 6.45) is 1.85. The van der Waals surface area contributed by atoms with E-state index in [1.54, 1.807) is 12.1 Å². The van der Waals surface area contributed by atoms with Gasteiger partial charge < -0.3 is 25.3 Å². The Balaban J connectivity index is 1.40. The Labute approximate surface area is 191 Å². The number of pyridine rings is 1. The molecule has 1 aromatic heterocycles. The SMILES string of the molecule is O=C(O)NC[C@H]1CN(C(=O)C2CCN(c3ccc(O)cn3)CC2)C[C@H]1c1ccc(Cl)cc1. The van der Waals surface area contributed by atoms with E-state index in [9.17, 15) is 14.7 Å². The van der Waals surface area contributed by atoms with Crippen LogP contribution in [0, 0.1) is 11.8 Å². The molecule has 170 valence electrons. The van der Waals surface area contributed by atoms with Gasteiger partial charge in [-0.3, -0.25) is 4.79 Å². The fraction of sp³-hybridized carbons (Fsp3) is 0.435. The van der Waals surface area contributed by atoms with Crippen LogP contribution in [-0.2, 0) is 4.79 Å². The van der Waals surface area contributed by atoms with Crippen molar-refractivity contribution in [2.45, 2.75) is 18.8 Å². The summed E-state index contributed by atoms with van der Waals surface area (Å²) in [5, 5.41) is 21.6. The summed E-state index contributed by atoms with van der Waals surface area (Å²) in [7, 11) is 0. The van der Waals surface area contributed by atoms with Gasteiger partial charge in [-0.1, -0.05) is 23.7 Å². The predicted molar refractivity (Wildman–Crippen MR) is 121 cm³/mol. The van der Waals surface area contributed by atoms with Crippen LogP contribution in [0.5, 0.6) is 5.75 Å². The summed E-state index contributed by atoms with van der Waals surface area (Å²) in [5.74, 6) is 1.09. The second-order valence-corrected chi connectivity index (χ2v) is 8.92. The molecule has 3 heterocycles. The highest BCUT2D eigenvalue weighted by molar-refractivity contribution is 6.30. The molecule has 4 rings (SSSR count). The van der Waals surface area contributed by atoms with Crippen LogP contribution < -0.4 is 10.2 Å². The number of likely N-dealkylation sites (tertiary alicyclic amines) is 1. The Kier molecular flexibility index (Phi) is 6.69. The number of amides is 2. The van der Waals surface area contributed by atoms with Crippen molar-refractivity contribution in [3.05, 3.63) is 53.2 Å². The maximum Gasteiger partial charge on any atom is 0.404 e. The third kappa shape index (κ3) is 5.07. The van der Waals surface area contributed by atoms with Crippen molar-refractivity contribution in [2.75, 3.05) is 37.6 Å². The second-order valence-electron chi connectivity index (χ2n) is 8.48. The zero-order valence-electron chi connectivity index (χ0n) is 17.7. The van der Waals surface area contributed by atoms with Gasteiger partial charge in [0.15, 0.2) is 0 Å². The van der Waals surface area contributed by atoms with Gasteiger partial charge in [0.1, 0.15) is 11.6 Å². The molecule has 0 aliphatic carbocycles. The lowest BCUT2D eigenvalue weighted by molar-refractivity contribution is -0.135. The number of aromatic nitrogens is 1. The van der Waals surface area contributed by atoms with Crippen molar-refractivity contribution >= 4 is 29.4 Å². The third-order valence-corrected chi connectivity index (χ3v) is 6.72.